The van der Waals surface area contributed by atoms with Crippen LogP contribution >= 0.6 is 23.6 Å². The summed E-state index contributed by atoms with van der Waals surface area (Å²) in [5.41, 5.74) is 1.09. The van der Waals surface area contributed by atoms with Crippen molar-refractivity contribution in [3.05, 3.63) is 58.3 Å². The number of thiocarbonyl (C=S) groups is 1. The number of anilines is 1. The molecule has 5 nitrogen and oxygen atoms in total. The van der Waals surface area contributed by atoms with Crippen molar-refractivity contribution >= 4 is 52.3 Å². The number of amides is 1. The van der Waals surface area contributed by atoms with E-state index in [1.807, 2.05) is 17.5 Å². The average Bonchev–Trinajstić information content (AvgIpc) is 3.06. The van der Waals surface area contributed by atoms with Gasteiger partial charge in [0.2, 0.25) is 5.91 Å². The molecule has 0 spiro atoms. The maximum absolute atomic E-state index is 11.7. The first-order valence-electron chi connectivity index (χ1n) is 6.60. The minimum Gasteiger partial charge on any atom is -0.465 e. The number of ether oxygens (including phenoxy) is 1. The molecule has 2 N–H and O–H groups in total. The van der Waals surface area contributed by atoms with Gasteiger partial charge in [0.25, 0.3) is 0 Å². The molecule has 0 radical (unpaired) electrons. The van der Waals surface area contributed by atoms with Crippen LogP contribution in [0.3, 0.4) is 0 Å². The predicted molar refractivity (Wildman–Crippen MR) is 95.5 cm³/mol. The number of benzene rings is 1. The summed E-state index contributed by atoms with van der Waals surface area (Å²) in [6, 6.07) is 10.4. The summed E-state index contributed by atoms with van der Waals surface area (Å²) in [6.45, 7) is 0. The van der Waals surface area contributed by atoms with Crippen LogP contribution in [-0.2, 0) is 9.53 Å². The summed E-state index contributed by atoms with van der Waals surface area (Å²) >= 11 is 6.61. The molecule has 1 aromatic carbocycles. The van der Waals surface area contributed by atoms with Crippen molar-refractivity contribution in [1.82, 2.24) is 5.32 Å². The van der Waals surface area contributed by atoms with Crippen molar-refractivity contribution in [1.29, 1.82) is 0 Å². The van der Waals surface area contributed by atoms with Gasteiger partial charge in [-0.1, -0.05) is 6.07 Å². The highest BCUT2D eigenvalue weighted by atomic mass is 32.1. The summed E-state index contributed by atoms with van der Waals surface area (Å²) in [7, 11) is 1.32. The first-order chi connectivity index (χ1) is 11.1. The van der Waals surface area contributed by atoms with Crippen molar-refractivity contribution in [2.45, 2.75) is 0 Å². The second-order valence-corrected chi connectivity index (χ2v) is 5.75. The van der Waals surface area contributed by atoms with E-state index in [9.17, 15) is 9.59 Å². The Morgan fingerprint density at radius 2 is 1.96 bits per heavy atom. The van der Waals surface area contributed by atoms with Crippen molar-refractivity contribution < 1.29 is 14.3 Å². The predicted octanol–water partition coefficient (Wildman–Crippen LogP) is 3.06. The largest absolute Gasteiger partial charge is 0.465 e. The van der Waals surface area contributed by atoms with Gasteiger partial charge in [-0.25, -0.2) is 4.79 Å². The maximum Gasteiger partial charge on any atom is 0.337 e. The zero-order valence-corrected chi connectivity index (χ0v) is 13.9. The molecule has 0 saturated heterocycles. The molecule has 0 saturated carbocycles. The molecule has 2 rings (SSSR count). The highest BCUT2D eigenvalue weighted by Crippen LogP contribution is 2.11. The molecule has 0 fully saturated rings. The number of hydrogen-bond acceptors (Lipinski definition) is 5. The molecule has 0 unspecified atom stereocenters. The number of carbonyl (C=O) groups excluding carboxylic acids is 2. The third-order valence-electron chi connectivity index (χ3n) is 2.74. The Bertz CT molecular complexity index is 722. The van der Waals surface area contributed by atoms with Crippen molar-refractivity contribution in [3.8, 4) is 0 Å². The van der Waals surface area contributed by atoms with Crippen LogP contribution < -0.4 is 10.6 Å². The normalized spacial score (nSPS) is 10.3. The lowest BCUT2D eigenvalue weighted by atomic mass is 10.2. The van der Waals surface area contributed by atoms with Crippen LogP contribution in [0.25, 0.3) is 6.08 Å². The van der Waals surface area contributed by atoms with Crippen LogP contribution in [0.2, 0.25) is 0 Å². The van der Waals surface area contributed by atoms with Crippen molar-refractivity contribution in [2.24, 2.45) is 0 Å². The summed E-state index contributed by atoms with van der Waals surface area (Å²) in [5.74, 6) is -0.728. The Labute approximate surface area is 143 Å². The lowest BCUT2D eigenvalue weighted by molar-refractivity contribution is -0.115. The Kier molecular flexibility index (Phi) is 6.02. The van der Waals surface area contributed by atoms with Gasteiger partial charge < -0.3 is 10.1 Å². The number of methoxy groups -OCH3 is 1. The van der Waals surface area contributed by atoms with Crippen LogP contribution in [0.5, 0.6) is 0 Å². The molecule has 0 aliphatic carbocycles. The number of nitrogens with one attached hydrogen (secondary N) is 2. The number of thiophene rings is 1. The van der Waals surface area contributed by atoms with E-state index in [0.29, 0.717) is 11.3 Å². The lowest BCUT2D eigenvalue weighted by Gasteiger charge is -2.08. The topological polar surface area (TPSA) is 67.4 Å². The summed E-state index contributed by atoms with van der Waals surface area (Å²) in [5, 5.41) is 7.52. The van der Waals surface area contributed by atoms with Crippen LogP contribution in [0.1, 0.15) is 15.2 Å². The van der Waals surface area contributed by atoms with Crippen LogP contribution in [0, 0.1) is 0 Å². The van der Waals surface area contributed by atoms with Gasteiger partial charge in [0.05, 0.1) is 12.7 Å². The zero-order chi connectivity index (χ0) is 16.7. The molecule has 118 valence electrons. The summed E-state index contributed by atoms with van der Waals surface area (Å²) in [4.78, 5) is 24.1. The third-order valence-corrected chi connectivity index (χ3v) is 3.78. The molecule has 1 aromatic heterocycles. The molecule has 23 heavy (non-hydrogen) atoms. The minimum atomic E-state index is -0.411. The highest BCUT2D eigenvalue weighted by Gasteiger charge is 2.05. The minimum absolute atomic E-state index is 0.177. The van der Waals surface area contributed by atoms with E-state index < -0.39 is 5.97 Å². The van der Waals surface area contributed by atoms with E-state index in [0.717, 1.165) is 4.88 Å². The number of rotatable bonds is 4. The molecular formula is C16H14N2O3S2. The van der Waals surface area contributed by atoms with Gasteiger partial charge in [-0.15, -0.1) is 11.3 Å². The van der Waals surface area contributed by atoms with E-state index in [2.05, 4.69) is 15.4 Å². The molecule has 1 amide bonds. The lowest BCUT2D eigenvalue weighted by Crippen LogP contribution is -2.32. The van der Waals surface area contributed by atoms with E-state index >= 15 is 0 Å². The van der Waals surface area contributed by atoms with Gasteiger partial charge in [0, 0.05) is 16.6 Å². The zero-order valence-electron chi connectivity index (χ0n) is 12.2. The first-order valence-corrected chi connectivity index (χ1v) is 7.89. The van der Waals surface area contributed by atoms with Gasteiger partial charge in [-0.2, -0.15) is 0 Å². The number of esters is 1. The molecule has 0 aliphatic rings. The number of hydrogen-bond donors (Lipinski definition) is 2. The van der Waals surface area contributed by atoms with Crippen molar-refractivity contribution in [2.75, 3.05) is 12.4 Å². The second kappa shape index (κ2) is 8.21. The fraction of sp³-hybridized carbons (Fsp3) is 0.0625. The van der Waals surface area contributed by atoms with E-state index in [4.69, 9.17) is 12.2 Å². The molecule has 7 heteroatoms. The van der Waals surface area contributed by atoms with Gasteiger partial charge in [-0.05, 0) is 54.0 Å². The fourth-order valence-electron chi connectivity index (χ4n) is 1.67. The Balaban J connectivity index is 1.86. The average molecular weight is 346 g/mol. The van der Waals surface area contributed by atoms with E-state index in [-0.39, 0.29) is 11.0 Å². The monoisotopic (exact) mass is 346 g/mol. The number of carbonyl (C=O) groups is 2. The van der Waals surface area contributed by atoms with E-state index in [1.54, 1.807) is 30.3 Å². The van der Waals surface area contributed by atoms with Gasteiger partial charge >= 0.3 is 5.97 Å². The molecule has 0 bridgehead atoms. The molecule has 0 atom stereocenters. The standard InChI is InChI=1S/C16H14N2O3S2/c1-21-15(20)11-4-6-12(7-5-11)17-16(22)18-14(19)9-8-13-3-2-10-23-13/h2-10H,1H3,(H2,17,18,19,22)/b9-8+. The maximum atomic E-state index is 11.7. The van der Waals surface area contributed by atoms with Crippen LogP contribution in [0.4, 0.5) is 5.69 Å². The van der Waals surface area contributed by atoms with Gasteiger partial charge in [0.15, 0.2) is 5.11 Å². The smallest absolute Gasteiger partial charge is 0.337 e. The Morgan fingerprint density at radius 3 is 2.57 bits per heavy atom. The van der Waals surface area contributed by atoms with Gasteiger partial charge in [0.1, 0.15) is 0 Å². The molecule has 0 aliphatic heterocycles. The third kappa shape index (κ3) is 5.32. The van der Waals surface area contributed by atoms with Gasteiger partial charge in [-0.3, -0.25) is 10.1 Å². The summed E-state index contributed by atoms with van der Waals surface area (Å²) < 4.78 is 4.62. The van der Waals surface area contributed by atoms with E-state index in [1.165, 1.54) is 24.5 Å². The van der Waals surface area contributed by atoms with Crippen molar-refractivity contribution in [3.63, 3.8) is 0 Å². The SMILES string of the molecule is COC(=O)c1ccc(NC(=S)NC(=O)/C=C/c2cccs2)cc1. The fourth-order valence-corrected chi connectivity index (χ4v) is 2.50. The molecule has 2 aromatic rings. The Hall–Kier alpha value is -2.51. The van der Waals surface area contributed by atoms with Crippen LogP contribution in [-0.4, -0.2) is 24.1 Å². The van der Waals surface area contributed by atoms with Crippen LogP contribution in [0.15, 0.2) is 47.9 Å². The Morgan fingerprint density at radius 1 is 1.22 bits per heavy atom. The highest BCUT2D eigenvalue weighted by molar-refractivity contribution is 7.80. The molecule has 1 heterocycles. The second-order valence-electron chi connectivity index (χ2n) is 4.36. The summed E-state index contributed by atoms with van der Waals surface area (Å²) in [6.07, 6.45) is 3.13. The molecular weight excluding hydrogens is 332 g/mol. The first kappa shape index (κ1) is 16.9. The quantitative estimate of drug-likeness (QED) is 0.506.